The highest BCUT2D eigenvalue weighted by Gasteiger charge is 2.19. The summed E-state index contributed by atoms with van der Waals surface area (Å²) in [7, 11) is 1.73. The molecule has 0 aliphatic carbocycles. The van der Waals surface area contributed by atoms with Gasteiger partial charge in [-0.3, -0.25) is 14.4 Å². The third-order valence-electron chi connectivity index (χ3n) is 2.74. The Morgan fingerprint density at radius 2 is 2.25 bits per heavy atom. The number of nitrogens with zero attached hydrogens (tertiary/aromatic N) is 3. The molecule has 0 unspecified atom stereocenters. The van der Waals surface area contributed by atoms with E-state index in [1.165, 1.54) is 10.9 Å². The molecule has 16 heavy (non-hydrogen) atoms. The van der Waals surface area contributed by atoms with Crippen molar-refractivity contribution in [1.29, 1.82) is 0 Å². The molecule has 0 atom stereocenters. The van der Waals surface area contributed by atoms with Crippen LogP contribution < -0.4 is 5.32 Å². The predicted octanol–water partition coefficient (Wildman–Crippen LogP) is 0.161. The van der Waals surface area contributed by atoms with Crippen molar-refractivity contribution in [3.63, 3.8) is 0 Å². The van der Waals surface area contributed by atoms with Crippen LogP contribution in [0.5, 0.6) is 0 Å². The number of hydrogen-bond donors (Lipinski definition) is 1. The summed E-state index contributed by atoms with van der Waals surface area (Å²) in [6, 6.07) is 0. The molecule has 1 fully saturated rings. The van der Waals surface area contributed by atoms with Gasteiger partial charge in [0.05, 0.1) is 17.8 Å². The van der Waals surface area contributed by atoms with Gasteiger partial charge in [0.1, 0.15) is 5.69 Å². The first-order chi connectivity index (χ1) is 7.68. The molecule has 1 saturated heterocycles. The van der Waals surface area contributed by atoms with Crippen LogP contribution in [0.3, 0.4) is 0 Å². The number of aromatic nitrogens is 2. The Bertz CT molecular complexity index is 365. The molecule has 1 aromatic rings. The fraction of sp³-hybridized carbons (Fsp3) is 0.600. The molecule has 88 valence electrons. The molecule has 5 nitrogen and oxygen atoms in total. The summed E-state index contributed by atoms with van der Waals surface area (Å²) in [5.41, 5.74) is 0.500. The first kappa shape index (κ1) is 11.6. The van der Waals surface area contributed by atoms with E-state index in [2.05, 4.69) is 15.3 Å². The van der Waals surface area contributed by atoms with Crippen molar-refractivity contribution >= 4 is 17.4 Å². The fourth-order valence-corrected chi connectivity index (χ4v) is 2.14. The molecule has 6 heteroatoms. The van der Waals surface area contributed by atoms with Gasteiger partial charge >= 0.3 is 0 Å². The van der Waals surface area contributed by atoms with Crippen LogP contribution in [0.25, 0.3) is 0 Å². The lowest BCUT2D eigenvalue weighted by atomic mass is 10.2. The molecule has 2 rings (SSSR count). The Hall–Kier alpha value is -0.910. The number of halogens is 1. The van der Waals surface area contributed by atoms with Gasteiger partial charge in [-0.05, 0) is 0 Å². The number of ketones is 1. The number of nitrogens with one attached hydrogen (secondary N) is 1. The number of carbonyl (C=O) groups is 1. The molecule has 1 N–H and O–H groups in total. The van der Waals surface area contributed by atoms with E-state index in [1.807, 2.05) is 0 Å². The van der Waals surface area contributed by atoms with Crippen LogP contribution in [-0.4, -0.2) is 53.2 Å². The normalized spacial score (nSPS) is 17.6. The zero-order valence-electron chi connectivity index (χ0n) is 9.24. The van der Waals surface area contributed by atoms with Gasteiger partial charge in [0.2, 0.25) is 0 Å². The lowest BCUT2D eigenvalue weighted by Crippen LogP contribution is -2.45. The van der Waals surface area contributed by atoms with Gasteiger partial charge in [-0.15, -0.1) is 0 Å². The number of hydrogen-bond acceptors (Lipinski definition) is 4. The predicted molar refractivity (Wildman–Crippen MR) is 61.9 cm³/mol. The summed E-state index contributed by atoms with van der Waals surface area (Å²) < 4.78 is 1.53. The average Bonchev–Trinajstić information content (AvgIpc) is 2.60. The molecule has 0 aromatic carbocycles. The van der Waals surface area contributed by atoms with Crippen LogP contribution in [0.15, 0.2) is 6.20 Å². The Morgan fingerprint density at radius 1 is 1.56 bits per heavy atom. The Balaban J connectivity index is 2.02. The van der Waals surface area contributed by atoms with Crippen molar-refractivity contribution in [2.24, 2.45) is 7.05 Å². The SMILES string of the molecule is Cn1ncc(Cl)c1C(=O)CN1CCNCC1. The Labute approximate surface area is 99.4 Å². The standard InChI is InChI=1S/C10H15ClN4O/c1-14-10(8(11)6-13-14)9(16)7-15-4-2-12-3-5-15/h6,12H,2-5,7H2,1H3. The van der Waals surface area contributed by atoms with Crippen LogP contribution in [0, 0.1) is 0 Å². The molecule has 1 aliphatic rings. The van der Waals surface area contributed by atoms with E-state index in [0.717, 1.165) is 26.2 Å². The lowest BCUT2D eigenvalue weighted by molar-refractivity contribution is 0.0912. The second kappa shape index (κ2) is 4.95. The van der Waals surface area contributed by atoms with E-state index in [0.29, 0.717) is 17.3 Å². The highest BCUT2D eigenvalue weighted by Crippen LogP contribution is 2.15. The summed E-state index contributed by atoms with van der Waals surface area (Å²) in [6.07, 6.45) is 1.51. The Morgan fingerprint density at radius 3 is 2.81 bits per heavy atom. The third kappa shape index (κ3) is 2.42. The topological polar surface area (TPSA) is 50.2 Å². The molecule has 0 radical (unpaired) electrons. The smallest absolute Gasteiger partial charge is 0.196 e. The van der Waals surface area contributed by atoms with Crippen molar-refractivity contribution in [3.8, 4) is 0 Å². The first-order valence-corrected chi connectivity index (χ1v) is 5.70. The van der Waals surface area contributed by atoms with Gasteiger partial charge < -0.3 is 5.32 Å². The summed E-state index contributed by atoms with van der Waals surface area (Å²) in [5, 5.41) is 7.65. The number of carbonyl (C=O) groups excluding carboxylic acids is 1. The summed E-state index contributed by atoms with van der Waals surface area (Å²) in [4.78, 5) is 14.1. The van der Waals surface area contributed by atoms with E-state index in [1.54, 1.807) is 7.05 Å². The molecule has 1 aromatic heterocycles. The molecule has 2 heterocycles. The maximum Gasteiger partial charge on any atom is 0.196 e. The lowest BCUT2D eigenvalue weighted by Gasteiger charge is -2.26. The van der Waals surface area contributed by atoms with E-state index >= 15 is 0 Å². The second-order valence-electron chi connectivity index (χ2n) is 3.91. The van der Waals surface area contributed by atoms with Crippen LogP contribution in [0.4, 0.5) is 0 Å². The number of rotatable bonds is 3. The minimum atomic E-state index is 0.0342. The summed E-state index contributed by atoms with van der Waals surface area (Å²) >= 11 is 5.92. The molecule has 0 saturated carbocycles. The van der Waals surface area contributed by atoms with E-state index in [4.69, 9.17) is 11.6 Å². The van der Waals surface area contributed by atoms with Crippen LogP contribution in [-0.2, 0) is 7.05 Å². The quantitative estimate of drug-likeness (QED) is 0.768. The van der Waals surface area contributed by atoms with Gasteiger partial charge in [-0.25, -0.2) is 0 Å². The highest BCUT2D eigenvalue weighted by molar-refractivity contribution is 6.33. The largest absolute Gasteiger partial charge is 0.314 e. The molecule has 0 bridgehead atoms. The number of piperazine rings is 1. The minimum absolute atomic E-state index is 0.0342. The zero-order chi connectivity index (χ0) is 11.5. The van der Waals surface area contributed by atoms with Gasteiger partial charge in [0.25, 0.3) is 0 Å². The van der Waals surface area contributed by atoms with Crippen LogP contribution in [0.2, 0.25) is 5.02 Å². The molecule has 1 aliphatic heterocycles. The molecular formula is C10H15ClN4O. The highest BCUT2D eigenvalue weighted by atomic mass is 35.5. The van der Waals surface area contributed by atoms with Gasteiger partial charge in [-0.1, -0.05) is 11.6 Å². The van der Waals surface area contributed by atoms with Crippen molar-refractivity contribution in [1.82, 2.24) is 20.0 Å². The first-order valence-electron chi connectivity index (χ1n) is 5.32. The van der Waals surface area contributed by atoms with Gasteiger partial charge in [-0.2, -0.15) is 5.10 Å². The van der Waals surface area contributed by atoms with Gasteiger partial charge in [0.15, 0.2) is 5.78 Å². The summed E-state index contributed by atoms with van der Waals surface area (Å²) in [5.74, 6) is 0.0342. The fourth-order valence-electron chi connectivity index (χ4n) is 1.87. The minimum Gasteiger partial charge on any atom is -0.314 e. The van der Waals surface area contributed by atoms with Gasteiger partial charge in [0, 0.05) is 33.2 Å². The van der Waals surface area contributed by atoms with E-state index in [-0.39, 0.29) is 5.78 Å². The second-order valence-corrected chi connectivity index (χ2v) is 4.32. The van der Waals surface area contributed by atoms with Crippen LogP contribution in [0.1, 0.15) is 10.5 Å². The Kier molecular flexibility index (Phi) is 3.58. The molecule has 0 spiro atoms. The average molecular weight is 243 g/mol. The van der Waals surface area contributed by atoms with Crippen LogP contribution >= 0.6 is 11.6 Å². The molecular weight excluding hydrogens is 228 g/mol. The third-order valence-corrected chi connectivity index (χ3v) is 3.01. The number of Topliss-reactive ketones (excluding diaryl/α,β-unsaturated/α-hetero) is 1. The van der Waals surface area contributed by atoms with Crippen molar-refractivity contribution < 1.29 is 4.79 Å². The maximum atomic E-state index is 12.0. The van der Waals surface area contributed by atoms with Crippen molar-refractivity contribution in [2.45, 2.75) is 0 Å². The van der Waals surface area contributed by atoms with E-state index in [9.17, 15) is 4.79 Å². The number of aryl methyl sites for hydroxylation is 1. The van der Waals surface area contributed by atoms with E-state index < -0.39 is 0 Å². The van der Waals surface area contributed by atoms with Crippen molar-refractivity contribution in [2.75, 3.05) is 32.7 Å². The van der Waals surface area contributed by atoms with Crippen molar-refractivity contribution in [3.05, 3.63) is 16.9 Å². The summed E-state index contributed by atoms with van der Waals surface area (Å²) in [6.45, 7) is 4.10. The molecule has 0 amide bonds. The monoisotopic (exact) mass is 242 g/mol. The maximum absolute atomic E-state index is 12.0. The zero-order valence-corrected chi connectivity index (χ0v) is 10.00.